The smallest absolute Gasteiger partial charge is 0.190 e. The highest BCUT2D eigenvalue weighted by Gasteiger charge is 2.42. The van der Waals surface area contributed by atoms with E-state index in [9.17, 15) is 4.39 Å². The van der Waals surface area contributed by atoms with Crippen molar-refractivity contribution in [2.24, 2.45) is 11.8 Å². The largest absolute Gasteiger partial charge is 0.349 e. The van der Waals surface area contributed by atoms with Crippen LogP contribution < -0.4 is 4.90 Å². The molecule has 2 aliphatic rings. The Labute approximate surface area is 182 Å². The van der Waals surface area contributed by atoms with Crippen molar-refractivity contribution in [2.75, 3.05) is 17.2 Å². The van der Waals surface area contributed by atoms with E-state index in [2.05, 4.69) is 44.3 Å². The molecule has 0 spiro atoms. The van der Waals surface area contributed by atoms with Crippen LogP contribution in [0, 0.1) is 17.7 Å². The molecule has 3 heterocycles. The van der Waals surface area contributed by atoms with Gasteiger partial charge in [-0.25, -0.2) is 19.3 Å². The van der Waals surface area contributed by atoms with Crippen LogP contribution >= 0.6 is 39.3 Å². The van der Waals surface area contributed by atoms with Crippen molar-refractivity contribution >= 4 is 56.0 Å². The molecule has 150 valence electrons. The highest BCUT2D eigenvalue weighted by Crippen LogP contribution is 2.46. The van der Waals surface area contributed by atoms with E-state index in [0.29, 0.717) is 27.0 Å². The molecule has 8 heteroatoms. The Balaban J connectivity index is 1.95. The molecule has 2 bridgehead atoms. The Kier molecular flexibility index (Phi) is 5.87. The molecule has 4 nitrogen and oxygen atoms in total. The van der Waals surface area contributed by atoms with Gasteiger partial charge >= 0.3 is 0 Å². The zero-order valence-electron chi connectivity index (χ0n) is 16.0. The molecule has 1 saturated heterocycles. The standard InChI is InChI=1S/C20H23BrClFN4S/c1-4-10(3)16-12-7-6-11(8-12)9-27(16)19-13-15(24-20(26-19)28-5-2)14(23)18(22)25-17(13)21/h11-12,16H,3-9H2,1-2H3/t11-,12+,16-/m0/s1. The van der Waals surface area contributed by atoms with Gasteiger partial charge in [-0.15, -0.1) is 0 Å². The van der Waals surface area contributed by atoms with Crippen LogP contribution in [-0.4, -0.2) is 33.3 Å². The summed E-state index contributed by atoms with van der Waals surface area (Å²) in [4.78, 5) is 15.8. The summed E-state index contributed by atoms with van der Waals surface area (Å²) >= 11 is 11.0. The SMILES string of the molecule is C=C(CC)[C@H]1[C@@H]2CC[C@@H](C2)CN1c1nc(SCC)nc2c(F)c(Cl)nc(Br)c12. The summed E-state index contributed by atoms with van der Waals surface area (Å²) in [5, 5.41) is 0.985. The van der Waals surface area contributed by atoms with E-state index in [0.717, 1.165) is 24.5 Å². The number of fused-ring (bicyclic) bond motifs is 3. The molecule has 3 atom stereocenters. The molecule has 0 unspecified atom stereocenters. The minimum atomic E-state index is -0.590. The summed E-state index contributed by atoms with van der Waals surface area (Å²) in [6.45, 7) is 9.45. The second kappa shape index (κ2) is 8.07. The fraction of sp³-hybridized carbons (Fsp3) is 0.550. The average Bonchev–Trinajstić information content (AvgIpc) is 3.06. The number of hydrogen-bond donors (Lipinski definition) is 0. The van der Waals surface area contributed by atoms with Gasteiger partial charge in [0.25, 0.3) is 0 Å². The number of halogens is 3. The molecular formula is C20H23BrClFN4S. The van der Waals surface area contributed by atoms with Gasteiger partial charge in [0.1, 0.15) is 15.9 Å². The van der Waals surface area contributed by atoms with E-state index in [4.69, 9.17) is 16.6 Å². The van der Waals surface area contributed by atoms with Crippen LogP contribution in [0.15, 0.2) is 21.9 Å². The van der Waals surface area contributed by atoms with Crippen LogP contribution in [-0.2, 0) is 0 Å². The molecule has 2 aromatic rings. The lowest BCUT2D eigenvalue weighted by Gasteiger charge is -2.42. The van der Waals surface area contributed by atoms with E-state index in [1.54, 1.807) is 0 Å². The molecule has 1 saturated carbocycles. The molecule has 0 radical (unpaired) electrons. The zero-order chi connectivity index (χ0) is 20.0. The van der Waals surface area contributed by atoms with Crippen molar-refractivity contribution in [1.82, 2.24) is 15.0 Å². The Bertz CT molecular complexity index is 940. The Morgan fingerprint density at radius 3 is 2.82 bits per heavy atom. The van der Waals surface area contributed by atoms with Crippen LogP contribution in [0.2, 0.25) is 5.15 Å². The highest BCUT2D eigenvalue weighted by molar-refractivity contribution is 9.10. The van der Waals surface area contributed by atoms with Gasteiger partial charge in [0, 0.05) is 6.54 Å². The van der Waals surface area contributed by atoms with Crippen molar-refractivity contribution in [1.29, 1.82) is 0 Å². The number of rotatable bonds is 5. The van der Waals surface area contributed by atoms with E-state index >= 15 is 0 Å². The number of nitrogens with zero attached hydrogens (tertiary/aromatic N) is 4. The second-order valence-corrected chi connectivity index (χ2v) is 9.88. The molecular weight excluding hydrogens is 463 g/mol. The van der Waals surface area contributed by atoms with Gasteiger partial charge in [-0.2, -0.15) is 0 Å². The number of pyridine rings is 1. The first kappa shape index (κ1) is 20.4. The molecule has 28 heavy (non-hydrogen) atoms. The lowest BCUT2D eigenvalue weighted by molar-refractivity contribution is 0.357. The maximum atomic E-state index is 14.9. The first-order chi connectivity index (χ1) is 13.4. The van der Waals surface area contributed by atoms with Gasteiger partial charge < -0.3 is 4.90 Å². The molecule has 1 aliphatic heterocycles. The third kappa shape index (κ3) is 3.43. The Hall–Kier alpha value is -0.920. The third-order valence-corrected chi connectivity index (χ3v) is 7.45. The van der Waals surface area contributed by atoms with Crippen LogP contribution in [0.4, 0.5) is 10.2 Å². The van der Waals surface area contributed by atoms with Gasteiger partial charge in [0.15, 0.2) is 16.1 Å². The van der Waals surface area contributed by atoms with E-state index in [-0.39, 0.29) is 16.7 Å². The summed E-state index contributed by atoms with van der Waals surface area (Å²) in [5.74, 6) is 2.17. The fourth-order valence-electron chi connectivity index (χ4n) is 4.66. The Morgan fingerprint density at radius 1 is 1.32 bits per heavy atom. The summed E-state index contributed by atoms with van der Waals surface area (Å²) in [6, 6.07) is 0.215. The quantitative estimate of drug-likeness (QED) is 0.216. The van der Waals surface area contributed by atoms with Crippen LogP contribution in [0.3, 0.4) is 0 Å². The van der Waals surface area contributed by atoms with Gasteiger partial charge in [0.2, 0.25) is 0 Å². The normalized spacial score (nSPS) is 24.2. The lowest BCUT2D eigenvalue weighted by Crippen LogP contribution is -2.47. The van der Waals surface area contributed by atoms with E-state index in [1.165, 1.54) is 36.6 Å². The van der Waals surface area contributed by atoms with Crippen molar-refractivity contribution in [2.45, 2.75) is 50.7 Å². The maximum Gasteiger partial charge on any atom is 0.190 e. The van der Waals surface area contributed by atoms with Crippen LogP contribution in [0.1, 0.15) is 39.5 Å². The van der Waals surface area contributed by atoms with Crippen molar-refractivity contribution in [3.05, 3.63) is 27.7 Å². The molecule has 1 aliphatic carbocycles. The molecule has 0 amide bonds. The number of thioether (sulfide) groups is 1. The van der Waals surface area contributed by atoms with Gasteiger partial charge in [0.05, 0.1) is 11.4 Å². The Morgan fingerprint density at radius 2 is 2.11 bits per heavy atom. The predicted molar refractivity (Wildman–Crippen MR) is 118 cm³/mol. The summed E-state index contributed by atoms with van der Waals surface area (Å²) < 4.78 is 15.4. The van der Waals surface area contributed by atoms with E-state index in [1.807, 2.05) is 6.92 Å². The third-order valence-electron chi connectivity index (χ3n) is 5.90. The topological polar surface area (TPSA) is 41.9 Å². The average molecular weight is 486 g/mol. The monoisotopic (exact) mass is 484 g/mol. The minimum Gasteiger partial charge on any atom is -0.349 e. The number of piperidine rings is 1. The van der Waals surface area contributed by atoms with Crippen molar-refractivity contribution < 1.29 is 4.39 Å². The zero-order valence-corrected chi connectivity index (χ0v) is 19.2. The molecule has 2 aromatic heterocycles. The summed E-state index contributed by atoms with van der Waals surface area (Å²) in [5.41, 5.74) is 1.44. The van der Waals surface area contributed by atoms with Crippen molar-refractivity contribution in [3.8, 4) is 0 Å². The first-order valence-corrected chi connectivity index (χ1v) is 11.9. The summed E-state index contributed by atoms with van der Waals surface area (Å²) in [7, 11) is 0. The highest BCUT2D eigenvalue weighted by atomic mass is 79.9. The lowest BCUT2D eigenvalue weighted by atomic mass is 9.85. The molecule has 0 aromatic carbocycles. The molecule has 4 rings (SSSR count). The maximum absolute atomic E-state index is 14.9. The van der Waals surface area contributed by atoms with Gasteiger partial charge in [-0.05, 0) is 59.2 Å². The first-order valence-electron chi connectivity index (χ1n) is 9.73. The molecule has 0 N–H and O–H groups in total. The molecule has 2 fully saturated rings. The van der Waals surface area contributed by atoms with E-state index < -0.39 is 5.82 Å². The van der Waals surface area contributed by atoms with Gasteiger partial charge in [-0.3, -0.25) is 0 Å². The minimum absolute atomic E-state index is 0.176. The van der Waals surface area contributed by atoms with Crippen molar-refractivity contribution in [3.63, 3.8) is 0 Å². The van der Waals surface area contributed by atoms with Crippen LogP contribution in [0.25, 0.3) is 10.9 Å². The number of aromatic nitrogens is 3. The number of anilines is 1. The van der Waals surface area contributed by atoms with Gasteiger partial charge in [-0.1, -0.05) is 49.4 Å². The number of hydrogen-bond acceptors (Lipinski definition) is 5. The second-order valence-electron chi connectivity index (χ2n) is 7.54. The fourth-order valence-corrected chi connectivity index (χ4v) is 6.05. The summed E-state index contributed by atoms with van der Waals surface area (Å²) in [6.07, 6.45) is 4.60. The predicted octanol–water partition coefficient (Wildman–Crippen LogP) is 6.26. The van der Waals surface area contributed by atoms with Crippen LogP contribution in [0.5, 0.6) is 0 Å².